The monoisotopic (exact) mass is 116 g/mol. The highest BCUT2D eigenvalue weighted by molar-refractivity contribution is 5.15. The molecule has 0 nitrogen and oxygen atoms in total. The van der Waals surface area contributed by atoms with Gasteiger partial charge in [-0.25, -0.2) is 8.78 Å². The first-order chi connectivity index (χ1) is 3.63. The van der Waals surface area contributed by atoms with E-state index < -0.39 is 11.7 Å². The van der Waals surface area contributed by atoms with Crippen LogP contribution in [0, 0.1) is 0 Å². The van der Waals surface area contributed by atoms with Gasteiger partial charge in [0, 0.05) is 0 Å². The summed E-state index contributed by atoms with van der Waals surface area (Å²) in [6.45, 7) is 5.73. The van der Waals surface area contributed by atoms with Crippen molar-refractivity contribution in [3.8, 4) is 0 Å². The summed E-state index contributed by atoms with van der Waals surface area (Å²) in [6, 6.07) is 0. The van der Waals surface area contributed by atoms with E-state index in [-0.39, 0.29) is 0 Å². The van der Waals surface area contributed by atoms with E-state index in [1.165, 1.54) is 0 Å². The predicted octanol–water partition coefficient (Wildman–Crippen LogP) is 2.51. The van der Waals surface area contributed by atoms with Crippen molar-refractivity contribution >= 4 is 0 Å². The lowest BCUT2D eigenvalue weighted by molar-refractivity contribution is 0.657. The topological polar surface area (TPSA) is 0 Å². The van der Waals surface area contributed by atoms with Crippen LogP contribution in [0.5, 0.6) is 0 Å². The minimum Gasteiger partial charge on any atom is -0.208 e. The second kappa shape index (κ2) is 3.13. The van der Waals surface area contributed by atoms with Crippen LogP contribution in [0.2, 0.25) is 0 Å². The van der Waals surface area contributed by atoms with E-state index in [0.717, 1.165) is 12.2 Å². The van der Waals surface area contributed by atoms with E-state index in [1.807, 2.05) is 0 Å². The molecule has 8 heavy (non-hydrogen) atoms. The number of halogens is 2. The van der Waals surface area contributed by atoms with Crippen LogP contribution >= 0.6 is 0 Å². The van der Waals surface area contributed by atoms with E-state index in [1.54, 1.807) is 0 Å². The van der Waals surface area contributed by atoms with Gasteiger partial charge in [0.25, 0.3) is 0 Å². The lowest BCUT2D eigenvalue weighted by Crippen LogP contribution is -1.59. The van der Waals surface area contributed by atoms with Crippen molar-refractivity contribution in [2.24, 2.45) is 0 Å². The van der Waals surface area contributed by atoms with E-state index in [9.17, 15) is 8.78 Å². The van der Waals surface area contributed by atoms with Gasteiger partial charge < -0.3 is 0 Å². The van der Waals surface area contributed by atoms with Crippen LogP contribution in [0.1, 0.15) is 0 Å². The molecule has 0 unspecified atom stereocenters. The zero-order valence-electron chi connectivity index (χ0n) is 4.32. The highest BCUT2D eigenvalue weighted by atomic mass is 19.1. The SMILES string of the molecule is C=C(F)/C=C/C(=C)F. The summed E-state index contributed by atoms with van der Waals surface area (Å²) in [4.78, 5) is 0. The average Bonchev–Trinajstić information content (AvgIpc) is 1.61. The summed E-state index contributed by atoms with van der Waals surface area (Å²) in [7, 11) is 0. The fraction of sp³-hybridized carbons (Fsp3) is 0. The van der Waals surface area contributed by atoms with Crippen LogP contribution in [0.3, 0.4) is 0 Å². The molecule has 0 radical (unpaired) electrons. The normalized spacial score (nSPS) is 9.75. The molecule has 0 amide bonds. The lowest BCUT2D eigenvalue weighted by atomic mass is 10.4. The van der Waals surface area contributed by atoms with E-state index in [4.69, 9.17) is 0 Å². The Hall–Kier alpha value is -0.920. The molecule has 0 bridgehead atoms. The Balaban J connectivity index is 3.67. The molecule has 0 saturated heterocycles. The highest BCUT2D eigenvalue weighted by Gasteiger charge is 1.79. The van der Waals surface area contributed by atoms with Crippen LogP contribution in [-0.2, 0) is 0 Å². The van der Waals surface area contributed by atoms with Crippen LogP contribution < -0.4 is 0 Å². The molecule has 0 aliphatic heterocycles. The van der Waals surface area contributed by atoms with Crippen molar-refractivity contribution in [2.45, 2.75) is 0 Å². The summed E-state index contributed by atoms with van der Waals surface area (Å²) in [5.74, 6) is -1.35. The number of hydrogen-bond acceptors (Lipinski definition) is 0. The summed E-state index contributed by atoms with van der Waals surface area (Å²) in [5, 5.41) is 0. The van der Waals surface area contributed by atoms with Gasteiger partial charge in [-0.2, -0.15) is 0 Å². The van der Waals surface area contributed by atoms with Crippen LogP contribution in [0.4, 0.5) is 8.78 Å². The molecule has 0 spiro atoms. The highest BCUT2D eigenvalue weighted by Crippen LogP contribution is 1.98. The Labute approximate surface area is 46.8 Å². The fourth-order valence-corrected chi connectivity index (χ4v) is 0.181. The maximum atomic E-state index is 11.6. The van der Waals surface area contributed by atoms with Gasteiger partial charge in [0.15, 0.2) is 0 Å². The maximum Gasteiger partial charge on any atom is 0.116 e. The molecule has 0 N–H and O–H groups in total. The van der Waals surface area contributed by atoms with Gasteiger partial charge in [0.05, 0.1) is 0 Å². The zero-order valence-corrected chi connectivity index (χ0v) is 4.32. The molecular formula is C6H6F2. The van der Waals surface area contributed by atoms with Gasteiger partial charge in [-0.3, -0.25) is 0 Å². The zero-order chi connectivity index (χ0) is 6.57. The predicted molar refractivity (Wildman–Crippen MR) is 29.6 cm³/mol. The van der Waals surface area contributed by atoms with Crippen molar-refractivity contribution < 1.29 is 8.78 Å². The van der Waals surface area contributed by atoms with Crippen LogP contribution in [-0.4, -0.2) is 0 Å². The first-order valence-corrected chi connectivity index (χ1v) is 2.00. The molecule has 0 saturated carbocycles. The van der Waals surface area contributed by atoms with Crippen molar-refractivity contribution in [1.82, 2.24) is 0 Å². The lowest BCUT2D eigenvalue weighted by Gasteiger charge is -1.77. The summed E-state index contributed by atoms with van der Waals surface area (Å²) in [5.41, 5.74) is 0. The maximum absolute atomic E-state index is 11.6. The molecule has 0 aliphatic rings. The molecule has 2 heteroatoms. The number of hydrogen-bond donors (Lipinski definition) is 0. The molecule has 0 aromatic rings. The van der Waals surface area contributed by atoms with Gasteiger partial charge in [-0.15, -0.1) is 0 Å². The summed E-state index contributed by atoms with van der Waals surface area (Å²) < 4.78 is 23.1. The molecule has 0 atom stereocenters. The third kappa shape index (κ3) is 5.08. The quantitative estimate of drug-likeness (QED) is 0.486. The molecule has 0 rings (SSSR count). The van der Waals surface area contributed by atoms with Gasteiger partial charge in [0.1, 0.15) is 11.7 Å². The molecule has 44 valence electrons. The first kappa shape index (κ1) is 7.08. The van der Waals surface area contributed by atoms with Gasteiger partial charge >= 0.3 is 0 Å². The van der Waals surface area contributed by atoms with Gasteiger partial charge in [-0.05, 0) is 12.2 Å². The van der Waals surface area contributed by atoms with Crippen molar-refractivity contribution in [1.29, 1.82) is 0 Å². The Morgan fingerprint density at radius 1 is 1.00 bits per heavy atom. The molecule has 0 aliphatic carbocycles. The minimum atomic E-state index is -0.677. The third-order valence-corrected chi connectivity index (χ3v) is 0.445. The van der Waals surface area contributed by atoms with Gasteiger partial charge in [0.2, 0.25) is 0 Å². The van der Waals surface area contributed by atoms with E-state index in [0.29, 0.717) is 0 Å². The first-order valence-electron chi connectivity index (χ1n) is 2.00. The molecule has 0 aromatic carbocycles. The van der Waals surface area contributed by atoms with Crippen molar-refractivity contribution in [3.05, 3.63) is 37.0 Å². The van der Waals surface area contributed by atoms with Crippen LogP contribution in [0.15, 0.2) is 37.0 Å². The molecular weight excluding hydrogens is 110 g/mol. The Bertz CT molecular complexity index is 117. The van der Waals surface area contributed by atoms with E-state index in [2.05, 4.69) is 13.2 Å². The Morgan fingerprint density at radius 3 is 1.38 bits per heavy atom. The smallest absolute Gasteiger partial charge is 0.116 e. The van der Waals surface area contributed by atoms with Crippen LogP contribution in [0.25, 0.3) is 0 Å². The second-order valence-electron chi connectivity index (χ2n) is 1.23. The Kier molecular flexibility index (Phi) is 2.77. The largest absolute Gasteiger partial charge is 0.208 e. The Morgan fingerprint density at radius 2 is 1.25 bits per heavy atom. The molecule has 0 heterocycles. The second-order valence-corrected chi connectivity index (χ2v) is 1.23. The summed E-state index contributed by atoms with van der Waals surface area (Å²) >= 11 is 0. The minimum absolute atomic E-state index is 0.677. The van der Waals surface area contributed by atoms with Crippen molar-refractivity contribution in [3.63, 3.8) is 0 Å². The molecule has 0 fully saturated rings. The number of allylic oxidation sites excluding steroid dienone is 4. The van der Waals surface area contributed by atoms with E-state index >= 15 is 0 Å². The number of rotatable bonds is 2. The molecule has 0 aromatic heterocycles. The third-order valence-electron chi connectivity index (χ3n) is 0.445. The average molecular weight is 116 g/mol. The summed E-state index contributed by atoms with van der Waals surface area (Å²) in [6.07, 6.45) is 1.81. The fourth-order valence-electron chi connectivity index (χ4n) is 0.181. The van der Waals surface area contributed by atoms with Crippen molar-refractivity contribution in [2.75, 3.05) is 0 Å². The standard InChI is InChI=1S/C6H6F2/c1-5(7)3-4-6(2)8/h3-4H,1-2H2/b4-3+. The van der Waals surface area contributed by atoms with Gasteiger partial charge in [-0.1, -0.05) is 13.2 Å².